The lowest BCUT2D eigenvalue weighted by Crippen LogP contribution is -2.29. The molecule has 0 spiro atoms. The fourth-order valence-electron chi connectivity index (χ4n) is 1.93. The van der Waals surface area contributed by atoms with Gasteiger partial charge in [0.05, 0.1) is 12.6 Å². The maximum absolute atomic E-state index is 5.66. The number of ether oxygens (including phenoxy) is 1. The lowest BCUT2D eigenvalue weighted by Gasteiger charge is -2.16. The molecule has 1 atom stereocenters. The van der Waals surface area contributed by atoms with Gasteiger partial charge in [-0.2, -0.15) is 11.3 Å². The largest absolute Gasteiger partial charge is 0.494 e. The first kappa shape index (κ1) is 14.1. The lowest BCUT2D eigenvalue weighted by molar-refractivity contribution is 0.317. The summed E-state index contributed by atoms with van der Waals surface area (Å²) in [5, 5.41) is 4.24. The van der Waals surface area contributed by atoms with Crippen LogP contribution in [0.3, 0.4) is 0 Å². The first-order chi connectivity index (χ1) is 9.33. The molecule has 4 heteroatoms. The molecule has 1 heterocycles. The van der Waals surface area contributed by atoms with Crippen molar-refractivity contribution in [1.82, 2.24) is 5.43 Å². The van der Waals surface area contributed by atoms with Gasteiger partial charge in [-0.15, -0.1) is 0 Å². The smallest absolute Gasteiger partial charge is 0.119 e. The Labute approximate surface area is 118 Å². The molecule has 2 aromatic rings. The van der Waals surface area contributed by atoms with Crippen LogP contribution in [0.2, 0.25) is 0 Å². The van der Waals surface area contributed by atoms with Gasteiger partial charge in [0.15, 0.2) is 0 Å². The lowest BCUT2D eigenvalue weighted by atomic mass is 10.0. The van der Waals surface area contributed by atoms with E-state index in [1.54, 1.807) is 11.3 Å². The van der Waals surface area contributed by atoms with Crippen LogP contribution in [0, 0.1) is 0 Å². The van der Waals surface area contributed by atoms with Gasteiger partial charge in [0, 0.05) is 0 Å². The van der Waals surface area contributed by atoms with Gasteiger partial charge in [-0.1, -0.05) is 19.1 Å². The Hall–Kier alpha value is -1.36. The summed E-state index contributed by atoms with van der Waals surface area (Å²) in [7, 11) is 0. The van der Waals surface area contributed by atoms with Crippen LogP contribution in [0.15, 0.2) is 41.1 Å². The SMILES string of the molecule is CCCOc1ccc(C(Cc2ccsc2)NN)cc1. The summed E-state index contributed by atoms with van der Waals surface area (Å²) in [5.74, 6) is 6.58. The minimum absolute atomic E-state index is 0.134. The number of hydrogen-bond acceptors (Lipinski definition) is 4. The molecule has 0 fully saturated rings. The molecular formula is C15H20N2OS. The molecule has 0 aliphatic carbocycles. The van der Waals surface area contributed by atoms with E-state index in [2.05, 4.69) is 41.3 Å². The monoisotopic (exact) mass is 276 g/mol. The van der Waals surface area contributed by atoms with Crippen molar-refractivity contribution in [2.75, 3.05) is 6.61 Å². The summed E-state index contributed by atoms with van der Waals surface area (Å²) in [6, 6.07) is 10.4. The highest BCUT2D eigenvalue weighted by atomic mass is 32.1. The number of rotatable bonds is 7. The molecule has 0 radical (unpaired) electrons. The van der Waals surface area contributed by atoms with Crippen molar-refractivity contribution >= 4 is 11.3 Å². The van der Waals surface area contributed by atoms with Crippen LogP contribution in [-0.4, -0.2) is 6.61 Å². The van der Waals surface area contributed by atoms with E-state index in [0.29, 0.717) is 0 Å². The molecule has 19 heavy (non-hydrogen) atoms. The minimum Gasteiger partial charge on any atom is -0.494 e. The second kappa shape index (κ2) is 7.28. The van der Waals surface area contributed by atoms with Gasteiger partial charge in [0.2, 0.25) is 0 Å². The van der Waals surface area contributed by atoms with Crippen LogP contribution < -0.4 is 16.0 Å². The van der Waals surface area contributed by atoms with Crippen molar-refractivity contribution < 1.29 is 4.74 Å². The standard InChI is InChI=1S/C15H20N2OS/c1-2-8-18-14-5-3-13(4-6-14)15(17-16)10-12-7-9-19-11-12/h3-7,9,11,15,17H,2,8,10,16H2,1H3. The third-order valence-electron chi connectivity index (χ3n) is 2.98. The molecule has 1 unspecified atom stereocenters. The van der Waals surface area contributed by atoms with E-state index in [0.717, 1.165) is 25.2 Å². The molecular weight excluding hydrogens is 256 g/mol. The normalized spacial score (nSPS) is 12.3. The summed E-state index contributed by atoms with van der Waals surface area (Å²) in [6.45, 7) is 2.86. The van der Waals surface area contributed by atoms with Gasteiger partial charge >= 0.3 is 0 Å². The predicted octanol–water partition coefficient (Wildman–Crippen LogP) is 3.28. The highest BCUT2D eigenvalue weighted by Crippen LogP contribution is 2.21. The van der Waals surface area contributed by atoms with E-state index in [1.165, 1.54) is 11.1 Å². The Kier molecular flexibility index (Phi) is 5.39. The van der Waals surface area contributed by atoms with Crippen LogP contribution >= 0.6 is 11.3 Å². The van der Waals surface area contributed by atoms with E-state index < -0.39 is 0 Å². The van der Waals surface area contributed by atoms with Crippen LogP contribution in [0.5, 0.6) is 5.75 Å². The number of thiophene rings is 1. The number of benzene rings is 1. The van der Waals surface area contributed by atoms with E-state index in [1.807, 2.05) is 12.1 Å². The summed E-state index contributed by atoms with van der Waals surface area (Å²) in [4.78, 5) is 0. The first-order valence-electron chi connectivity index (χ1n) is 6.53. The first-order valence-corrected chi connectivity index (χ1v) is 7.47. The van der Waals surface area contributed by atoms with Gasteiger partial charge < -0.3 is 4.74 Å². The third kappa shape index (κ3) is 4.06. The van der Waals surface area contributed by atoms with Gasteiger partial charge in [0.25, 0.3) is 0 Å². The number of hydrogen-bond donors (Lipinski definition) is 2. The van der Waals surface area contributed by atoms with Crippen molar-refractivity contribution in [3.8, 4) is 5.75 Å². The minimum atomic E-state index is 0.134. The number of hydrazine groups is 1. The van der Waals surface area contributed by atoms with E-state index >= 15 is 0 Å². The second-order valence-corrected chi connectivity index (χ2v) is 5.25. The Balaban J connectivity index is 2.02. The average Bonchev–Trinajstić information content (AvgIpc) is 2.96. The Bertz CT molecular complexity index is 467. The van der Waals surface area contributed by atoms with Crippen molar-refractivity contribution in [2.24, 2.45) is 5.84 Å². The molecule has 0 saturated heterocycles. The highest BCUT2D eigenvalue weighted by Gasteiger charge is 2.10. The molecule has 3 N–H and O–H groups in total. The van der Waals surface area contributed by atoms with Gasteiger partial charge in [-0.05, 0) is 52.9 Å². The van der Waals surface area contributed by atoms with Crippen LogP contribution in [0.25, 0.3) is 0 Å². The molecule has 1 aromatic heterocycles. The van der Waals surface area contributed by atoms with E-state index in [4.69, 9.17) is 10.6 Å². The fourth-order valence-corrected chi connectivity index (χ4v) is 2.62. The quantitative estimate of drug-likeness (QED) is 0.602. The zero-order valence-corrected chi connectivity index (χ0v) is 12.0. The second-order valence-electron chi connectivity index (χ2n) is 4.47. The van der Waals surface area contributed by atoms with Gasteiger partial charge in [-0.25, -0.2) is 0 Å². The topological polar surface area (TPSA) is 47.3 Å². The third-order valence-corrected chi connectivity index (χ3v) is 3.71. The average molecular weight is 276 g/mol. The Morgan fingerprint density at radius 1 is 1.26 bits per heavy atom. The van der Waals surface area contributed by atoms with Crippen LogP contribution in [-0.2, 0) is 6.42 Å². The highest BCUT2D eigenvalue weighted by molar-refractivity contribution is 7.07. The molecule has 0 bridgehead atoms. The predicted molar refractivity (Wildman–Crippen MR) is 80.3 cm³/mol. The fraction of sp³-hybridized carbons (Fsp3) is 0.333. The summed E-state index contributed by atoms with van der Waals surface area (Å²) < 4.78 is 5.58. The van der Waals surface area contributed by atoms with Crippen LogP contribution in [0.1, 0.15) is 30.5 Å². The van der Waals surface area contributed by atoms with Crippen molar-refractivity contribution in [3.63, 3.8) is 0 Å². The molecule has 0 aliphatic rings. The molecule has 0 aliphatic heterocycles. The van der Waals surface area contributed by atoms with E-state index in [9.17, 15) is 0 Å². The molecule has 0 saturated carbocycles. The molecule has 2 rings (SSSR count). The zero-order chi connectivity index (χ0) is 13.5. The van der Waals surface area contributed by atoms with Gasteiger partial charge in [-0.3, -0.25) is 11.3 Å². The van der Waals surface area contributed by atoms with Gasteiger partial charge in [0.1, 0.15) is 5.75 Å². The summed E-state index contributed by atoms with van der Waals surface area (Å²) in [5.41, 5.74) is 5.37. The maximum Gasteiger partial charge on any atom is 0.119 e. The Morgan fingerprint density at radius 2 is 2.05 bits per heavy atom. The van der Waals surface area contributed by atoms with Crippen molar-refractivity contribution in [1.29, 1.82) is 0 Å². The maximum atomic E-state index is 5.66. The summed E-state index contributed by atoms with van der Waals surface area (Å²) in [6.07, 6.45) is 1.92. The molecule has 102 valence electrons. The van der Waals surface area contributed by atoms with Crippen molar-refractivity contribution in [2.45, 2.75) is 25.8 Å². The number of nitrogens with one attached hydrogen (secondary N) is 1. The number of nitrogens with two attached hydrogens (primary N) is 1. The zero-order valence-electron chi connectivity index (χ0n) is 11.1. The summed E-state index contributed by atoms with van der Waals surface area (Å²) >= 11 is 1.71. The van der Waals surface area contributed by atoms with Crippen LogP contribution in [0.4, 0.5) is 0 Å². The molecule has 1 aromatic carbocycles. The van der Waals surface area contributed by atoms with Crippen molar-refractivity contribution in [3.05, 3.63) is 52.2 Å². The van der Waals surface area contributed by atoms with E-state index in [-0.39, 0.29) is 6.04 Å². The Morgan fingerprint density at radius 3 is 2.63 bits per heavy atom. The molecule has 0 amide bonds. The molecule has 3 nitrogen and oxygen atoms in total.